The Kier molecular flexibility index (Phi) is 9.68. The van der Waals surface area contributed by atoms with Crippen LogP contribution in [-0.2, 0) is 0 Å². The van der Waals surface area contributed by atoms with E-state index in [1.165, 1.54) is 0 Å². The molecule has 0 spiro atoms. The Bertz CT molecular complexity index is 537. The van der Waals surface area contributed by atoms with Crippen molar-refractivity contribution in [1.29, 1.82) is 0 Å². The molecular formula is C18H24ClNO3. The molecule has 126 valence electrons. The van der Waals surface area contributed by atoms with E-state index in [4.69, 9.17) is 14.2 Å². The molecule has 0 unspecified atom stereocenters. The highest BCUT2D eigenvalue weighted by Crippen LogP contribution is 2.25. The van der Waals surface area contributed by atoms with Crippen LogP contribution in [-0.4, -0.2) is 33.4 Å². The van der Waals surface area contributed by atoms with Gasteiger partial charge in [0.15, 0.2) is 11.5 Å². The number of benzene rings is 2. The molecule has 0 radical (unpaired) electrons. The maximum Gasteiger partial charge on any atom is 0.161 e. The summed E-state index contributed by atoms with van der Waals surface area (Å²) >= 11 is 0. The van der Waals surface area contributed by atoms with Crippen molar-refractivity contribution < 1.29 is 14.2 Å². The van der Waals surface area contributed by atoms with Crippen LogP contribution in [0.3, 0.4) is 0 Å². The highest BCUT2D eigenvalue weighted by atomic mass is 35.5. The fourth-order valence-electron chi connectivity index (χ4n) is 2.00. The second kappa shape index (κ2) is 11.6. The summed E-state index contributed by atoms with van der Waals surface area (Å²) in [7, 11) is 1.65. The third-order valence-electron chi connectivity index (χ3n) is 3.12. The zero-order valence-corrected chi connectivity index (χ0v) is 14.2. The third kappa shape index (κ3) is 7.26. The first kappa shape index (κ1) is 19.1. The van der Waals surface area contributed by atoms with E-state index in [0.717, 1.165) is 36.8 Å². The first-order valence-corrected chi connectivity index (χ1v) is 7.54. The first-order valence-electron chi connectivity index (χ1n) is 7.54. The van der Waals surface area contributed by atoms with Gasteiger partial charge in [0.25, 0.3) is 0 Å². The minimum Gasteiger partial charge on any atom is -0.494 e. The molecule has 0 aliphatic carbocycles. The summed E-state index contributed by atoms with van der Waals surface area (Å²) in [5, 5.41) is 3.33. The maximum atomic E-state index is 5.69. The van der Waals surface area contributed by atoms with E-state index in [9.17, 15) is 0 Å². The Morgan fingerprint density at radius 1 is 0.783 bits per heavy atom. The van der Waals surface area contributed by atoms with E-state index in [2.05, 4.69) is 5.32 Å². The standard InChI is InChI=1S/C18H23NO3.ClH/c1-20-17-10-5-6-11-18(17)22-15-13-19-12-7-14-21-16-8-3-2-4-9-16;/h2-6,8-11,19H,7,12-15H2,1H3;1H. The Morgan fingerprint density at radius 3 is 2.22 bits per heavy atom. The summed E-state index contributed by atoms with van der Waals surface area (Å²) in [4.78, 5) is 0. The van der Waals surface area contributed by atoms with E-state index in [0.29, 0.717) is 13.2 Å². The third-order valence-corrected chi connectivity index (χ3v) is 3.12. The summed E-state index contributed by atoms with van der Waals surface area (Å²) in [5.74, 6) is 2.46. The molecule has 2 aromatic rings. The Hall–Kier alpha value is -1.91. The molecule has 0 aliphatic heterocycles. The lowest BCUT2D eigenvalue weighted by atomic mass is 10.3. The van der Waals surface area contributed by atoms with Gasteiger partial charge in [0.2, 0.25) is 0 Å². The van der Waals surface area contributed by atoms with Crippen LogP contribution in [0.25, 0.3) is 0 Å². The van der Waals surface area contributed by atoms with Crippen molar-refractivity contribution in [3.63, 3.8) is 0 Å². The van der Waals surface area contributed by atoms with Crippen molar-refractivity contribution in [2.45, 2.75) is 6.42 Å². The Morgan fingerprint density at radius 2 is 1.48 bits per heavy atom. The van der Waals surface area contributed by atoms with Gasteiger partial charge in [-0.2, -0.15) is 0 Å². The molecule has 2 aromatic carbocycles. The number of para-hydroxylation sites is 3. The van der Waals surface area contributed by atoms with E-state index in [1.54, 1.807) is 7.11 Å². The molecule has 0 aliphatic rings. The quantitative estimate of drug-likeness (QED) is 0.673. The van der Waals surface area contributed by atoms with Crippen molar-refractivity contribution in [3.8, 4) is 17.2 Å². The molecule has 0 amide bonds. The summed E-state index contributed by atoms with van der Waals surface area (Å²) in [6.45, 7) is 3.02. The average Bonchev–Trinajstić information content (AvgIpc) is 2.58. The van der Waals surface area contributed by atoms with Gasteiger partial charge in [-0.25, -0.2) is 0 Å². The molecule has 2 rings (SSSR count). The van der Waals surface area contributed by atoms with Gasteiger partial charge in [-0.1, -0.05) is 30.3 Å². The zero-order valence-electron chi connectivity index (χ0n) is 13.4. The minimum atomic E-state index is 0. The molecule has 5 heteroatoms. The maximum absolute atomic E-state index is 5.69. The van der Waals surface area contributed by atoms with Crippen LogP contribution < -0.4 is 19.5 Å². The van der Waals surface area contributed by atoms with Crippen molar-refractivity contribution in [2.24, 2.45) is 0 Å². The largest absolute Gasteiger partial charge is 0.494 e. The lowest BCUT2D eigenvalue weighted by Crippen LogP contribution is -2.23. The highest BCUT2D eigenvalue weighted by molar-refractivity contribution is 5.85. The van der Waals surface area contributed by atoms with Crippen LogP contribution in [0.5, 0.6) is 17.2 Å². The van der Waals surface area contributed by atoms with E-state index >= 15 is 0 Å². The van der Waals surface area contributed by atoms with Crippen molar-refractivity contribution in [3.05, 3.63) is 54.6 Å². The average molecular weight is 338 g/mol. The van der Waals surface area contributed by atoms with E-state index in [-0.39, 0.29) is 12.4 Å². The summed E-state index contributed by atoms with van der Waals surface area (Å²) in [6.07, 6.45) is 0.962. The smallest absolute Gasteiger partial charge is 0.161 e. The topological polar surface area (TPSA) is 39.7 Å². The van der Waals surface area contributed by atoms with Crippen LogP contribution in [0.4, 0.5) is 0 Å². The van der Waals surface area contributed by atoms with Crippen LogP contribution in [0.2, 0.25) is 0 Å². The summed E-state index contributed by atoms with van der Waals surface area (Å²) in [6, 6.07) is 17.5. The number of hydrogen-bond acceptors (Lipinski definition) is 4. The SMILES string of the molecule is COc1ccccc1OCCNCCCOc1ccccc1.Cl. The lowest BCUT2D eigenvalue weighted by Gasteiger charge is -2.11. The Balaban J connectivity index is 0.00000264. The van der Waals surface area contributed by atoms with Crippen LogP contribution in [0, 0.1) is 0 Å². The van der Waals surface area contributed by atoms with Crippen LogP contribution >= 0.6 is 12.4 Å². The number of rotatable bonds is 10. The molecule has 4 nitrogen and oxygen atoms in total. The van der Waals surface area contributed by atoms with Crippen molar-refractivity contribution >= 4 is 12.4 Å². The predicted octanol–water partition coefficient (Wildman–Crippen LogP) is 3.55. The van der Waals surface area contributed by atoms with Gasteiger partial charge in [0.05, 0.1) is 13.7 Å². The van der Waals surface area contributed by atoms with Crippen LogP contribution in [0.1, 0.15) is 6.42 Å². The van der Waals surface area contributed by atoms with Gasteiger partial charge in [0.1, 0.15) is 12.4 Å². The predicted molar refractivity (Wildman–Crippen MR) is 95.2 cm³/mol. The van der Waals surface area contributed by atoms with Gasteiger partial charge < -0.3 is 19.5 Å². The molecule has 0 heterocycles. The molecular weight excluding hydrogens is 314 g/mol. The molecule has 0 atom stereocenters. The van der Waals surface area contributed by atoms with Gasteiger partial charge in [-0.05, 0) is 37.2 Å². The minimum absolute atomic E-state index is 0. The number of ether oxygens (including phenoxy) is 3. The molecule has 0 saturated carbocycles. The van der Waals surface area contributed by atoms with E-state index in [1.807, 2.05) is 54.6 Å². The number of hydrogen-bond donors (Lipinski definition) is 1. The van der Waals surface area contributed by atoms with Crippen LogP contribution in [0.15, 0.2) is 54.6 Å². The zero-order chi connectivity index (χ0) is 15.5. The van der Waals surface area contributed by atoms with Crippen molar-refractivity contribution in [2.75, 3.05) is 33.4 Å². The van der Waals surface area contributed by atoms with Gasteiger partial charge in [-0.15, -0.1) is 12.4 Å². The molecule has 0 bridgehead atoms. The van der Waals surface area contributed by atoms with Gasteiger partial charge in [0, 0.05) is 6.54 Å². The fraction of sp³-hybridized carbons (Fsp3) is 0.333. The monoisotopic (exact) mass is 337 g/mol. The molecule has 23 heavy (non-hydrogen) atoms. The summed E-state index contributed by atoms with van der Waals surface area (Å²) in [5.41, 5.74) is 0. The number of halogens is 1. The van der Waals surface area contributed by atoms with Crippen molar-refractivity contribution in [1.82, 2.24) is 5.32 Å². The van der Waals surface area contributed by atoms with Gasteiger partial charge in [-0.3, -0.25) is 0 Å². The highest BCUT2D eigenvalue weighted by Gasteiger charge is 2.01. The first-order chi connectivity index (χ1) is 10.9. The number of nitrogens with one attached hydrogen (secondary N) is 1. The normalized spacial score (nSPS) is 9.78. The summed E-state index contributed by atoms with van der Waals surface area (Å²) < 4.78 is 16.5. The Labute approximate surface area is 144 Å². The lowest BCUT2D eigenvalue weighted by molar-refractivity contribution is 0.284. The fourth-order valence-corrected chi connectivity index (χ4v) is 2.00. The molecule has 0 fully saturated rings. The second-order valence-corrected chi connectivity index (χ2v) is 4.76. The second-order valence-electron chi connectivity index (χ2n) is 4.76. The molecule has 0 saturated heterocycles. The number of methoxy groups -OCH3 is 1. The molecule has 1 N–H and O–H groups in total. The molecule has 0 aromatic heterocycles. The van der Waals surface area contributed by atoms with Gasteiger partial charge >= 0.3 is 0 Å². The van der Waals surface area contributed by atoms with E-state index < -0.39 is 0 Å².